The van der Waals surface area contributed by atoms with Gasteiger partial charge in [-0.25, -0.2) is 0 Å². The number of carbonyl (C=O) groups excluding carboxylic acids is 1. The quantitative estimate of drug-likeness (QED) is 0.680. The van der Waals surface area contributed by atoms with Gasteiger partial charge in [-0.1, -0.05) is 12.1 Å². The van der Waals surface area contributed by atoms with E-state index in [2.05, 4.69) is 10.2 Å². The van der Waals surface area contributed by atoms with E-state index in [0.29, 0.717) is 32.7 Å². The Kier molecular flexibility index (Phi) is 7.63. The molecule has 0 atom stereocenters. The SMILES string of the molecule is COc1ccc(C2(C(=O)Nc3ccc(OCCN4CCOCC4)cc3)CCOCC2)cc1. The van der Waals surface area contributed by atoms with Crippen LogP contribution in [0, 0.1) is 0 Å². The number of anilines is 1. The highest BCUT2D eigenvalue weighted by molar-refractivity contribution is 5.99. The standard InChI is InChI=1S/C25H32N2O5/c1-29-22-6-2-20(3-7-22)25(10-15-30-16-11-25)24(28)26-21-4-8-23(9-5-21)32-19-14-27-12-17-31-18-13-27/h2-9H,10-19H2,1H3,(H,26,28). The maximum absolute atomic E-state index is 13.4. The van der Waals surface area contributed by atoms with E-state index < -0.39 is 5.41 Å². The van der Waals surface area contributed by atoms with Crippen molar-refractivity contribution < 1.29 is 23.7 Å². The Balaban J connectivity index is 1.37. The predicted octanol–water partition coefficient (Wildman–Crippen LogP) is 3.09. The van der Waals surface area contributed by atoms with Crippen LogP contribution in [0.3, 0.4) is 0 Å². The van der Waals surface area contributed by atoms with Crippen LogP contribution in [0.4, 0.5) is 5.69 Å². The minimum atomic E-state index is -0.613. The number of nitrogens with one attached hydrogen (secondary N) is 1. The summed E-state index contributed by atoms with van der Waals surface area (Å²) in [5, 5.41) is 3.11. The lowest BCUT2D eigenvalue weighted by Crippen LogP contribution is -2.44. The first kappa shape index (κ1) is 22.6. The van der Waals surface area contributed by atoms with Crippen molar-refractivity contribution in [3.05, 3.63) is 54.1 Å². The average Bonchev–Trinajstić information content (AvgIpc) is 2.86. The molecule has 0 radical (unpaired) electrons. The van der Waals surface area contributed by atoms with E-state index in [9.17, 15) is 4.79 Å². The van der Waals surface area contributed by atoms with Crippen LogP contribution in [0.15, 0.2) is 48.5 Å². The molecule has 0 saturated carbocycles. The van der Waals surface area contributed by atoms with Gasteiger partial charge in [0.15, 0.2) is 0 Å². The average molecular weight is 441 g/mol. The summed E-state index contributed by atoms with van der Waals surface area (Å²) >= 11 is 0. The lowest BCUT2D eigenvalue weighted by molar-refractivity contribution is -0.125. The van der Waals surface area contributed by atoms with Crippen LogP contribution >= 0.6 is 0 Å². The Bertz CT molecular complexity index is 857. The van der Waals surface area contributed by atoms with Crippen LogP contribution in [0.25, 0.3) is 0 Å². The highest BCUT2D eigenvalue weighted by atomic mass is 16.5. The van der Waals surface area contributed by atoms with Gasteiger partial charge in [-0.3, -0.25) is 9.69 Å². The number of hydrogen-bond donors (Lipinski definition) is 1. The first-order valence-electron chi connectivity index (χ1n) is 11.3. The third-order valence-corrected chi connectivity index (χ3v) is 6.32. The zero-order valence-corrected chi connectivity index (χ0v) is 18.7. The lowest BCUT2D eigenvalue weighted by Gasteiger charge is -2.36. The molecule has 0 aliphatic carbocycles. The van der Waals surface area contributed by atoms with Gasteiger partial charge in [0, 0.05) is 38.5 Å². The summed E-state index contributed by atoms with van der Waals surface area (Å²) < 4.78 is 22.1. The van der Waals surface area contributed by atoms with Crippen molar-refractivity contribution in [3.8, 4) is 11.5 Å². The normalized spacial score (nSPS) is 18.7. The molecule has 1 amide bonds. The minimum absolute atomic E-state index is 0.00745. The Hall–Kier alpha value is -2.61. The molecular weight excluding hydrogens is 408 g/mol. The van der Waals surface area contributed by atoms with Gasteiger partial charge < -0.3 is 24.3 Å². The van der Waals surface area contributed by atoms with E-state index in [1.807, 2.05) is 48.5 Å². The number of ether oxygens (including phenoxy) is 4. The molecule has 0 aromatic heterocycles. The summed E-state index contributed by atoms with van der Waals surface area (Å²) in [7, 11) is 1.64. The molecule has 7 heteroatoms. The number of rotatable bonds is 8. The fraction of sp³-hybridized carbons (Fsp3) is 0.480. The molecule has 4 rings (SSSR count). The Labute approximate surface area is 189 Å². The van der Waals surface area contributed by atoms with Crippen molar-refractivity contribution in [3.63, 3.8) is 0 Å². The molecule has 1 N–H and O–H groups in total. The molecule has 7 nitrogen and oxygen atoms in total. The van der Waals surface area contributed by atoms with Crippen LogP contribution < -0.4 is 14.8 Å². The van der Waals surface area contributed by atoms with Gasteiger partial charge in [-0.05, 0) is 54.8 Å². The smallest absolute Gasteiger partial charge is 0.235 e. The van der Waals surface area contributed by atoms with Crippen molar-refractivity contribution in [2.24, 2.45) is 0 Å². The van der Waals surface area contributed by atoms with Crippen LogP contribution in [-0.2, 0) is 19.7 Å². The molecule has 0 spiro atoms. The molecule has 2 aliphatic rings. The van der Waals surface area contributed by atoms with E-state index >= 15 is 0 Å². The Morgan fingerprint density at radius 3 is 2.22 bits per heavy atom. The summed E-state index contributed by atoms with van der Waals surface area (Å²) in [6.45, 7) is 6.13. The highest BCUT2D eigenvalue weighted by Gasteiger charge is 2.41. The first-order valence-corrected chi connectivity index (χ1v) is 11.3. The zero-order chi connectivity index (χ0) is 22.2. The molecule has 2 saturated heterocycles. The molecule has 0 bridgehead atoms. The summed E-state index contributed by atoms with van der Waals surface area (Å²) in [6, 6.07) is 15.4. The second kappa shape index (κ2) is 10.8. The van der Waals surface area contributed by atoms with Gasteiger partial charge in [0.1, 0.15) is 18.1 Å². The minimum Gasteiger partial charge on any atom is -0.497 e. The molecule has 2 aromatic carbocycles. The van der Waals surface area contributed by atoms with E-state index in [1.165, 1.54) is 0 Å². The first-order chi connectivity index (χ1) is 15.7. The summed E-state index contributed by atoms with van der Waals surface area (Å²) in [4.78, 5) is 15.8. The fourth-order valence-corrected chi connectivity index (χ4v) is 4.28. The number of nitrogens with zero attached hydrogens (tertiary/aromatic N) is 1. The molecule has 2 aromatic rings. The van der Waals surface area contributed by atoms with E-state index in [0.717, 1.165) is 55.6 Å². The largest absolute Gasteiger partial charge is 0.497 e. The highest BCUT2D eigenvalue weighted by Crippen LogP contribution is 2.37. The molecule has 2 heterocycles. The van der Waals surface area contributed by atoms with Crippen LogP contribution in [0.1, 0.15) is 18.4 Å². The van der Waals surface area contributed by atoms with Gasteiger partial charge in [0.2, 0.25) is 5.91 Å². The van der Waals surface area contributed by atoms with Gasteiger partial charge in [-0.15, -0.1) is 0 Å². The topological polar surface area (TPSA) is 69.3 Å². The van der Waals surface area contributed by atoms with Crippen molar-refractivity contribution in [2.75, 3.05) is 65.1 Å². The van der Waals surface area contributed by atoms with Crippen molar-refractivity contribution >= 4 is 11.6 Å². The zero-order valence-electron chi connectivity index (χ0n) is 18.7. The molecule has 172 valence electrons. The van der Waals surface area contributed by atoms with Crippen LogP contribution in [0.5, 0.6) is 11.5 Å². The number of amides is 1. The molecule has 2 aliphatic heterocycles. The van der Waals surface area contributed by atoms with E-state index in [1.54, 1.807) is 7.11 Å². The molecule has 2 fully saturated rings. The third kappa shape index (κ3) is 5.41. The van der Waals surface area contributed by atoms with Crippen molar-refractivity contribution in [1.82, 2.24) is 4.90 Å². The van der Waals surface area contributed by atoms with Crippen LogP contribution in [-0.4, -0.2) is 70.6 Å². The number of benzene rings is 2. The van der Waals surface area contributed by atoms with E-state index in [-0.39, 0.29) is 5.91 Å². The maximum Gasteiger partial charge on any atom is 0.235 e. The maximum atomic E-state index is 13.4. The monoisotopic (exact) mass is 440 g/mol. The van der Waals surface area contributed by atoms with Gasteiger partial charge in [0.05, 0.1) is 25.7 Å². The number of hydrogen-bond acceptors (Lipinski definition) is 6. The third-order valence-electron chi connectivity index (χ3n) is 6.32. The second-order valence-corrected chi connectivity index (χ2v) is 8.20. The van der Waals surface area contributed by atoms with Crippen molar-refractivity contribution in [1.29, 1.82) is 0 Å². The number of carbonyl (C=O) groups is 1. The molecule has 0 unspecified atom stereocenters. The van der Waals surface area contributed by atoms with Crippen LogP contribution in [0.2, 0.25) is 0 Å². The van der Waals surface area contributed by atoms with Gasteiger partial charge >= 0.3 is 0 Å². The number of morpholine rings is 1. The number of methoxy groups -OCH3 is 1. The fourth-order valence-electron chi connectivity index (χ4n) is 4.28. The summed E-state index contributed by atoms with van der Waals surface area (Å²) in [5.41, 5.74) is 1.13. The lowest BCUT2D eigenvalue weighted by atomic mass is 9.73. The van der Waals surface area contributed by atoms with E-state index in [4.69, 9.17) is 18.9 Å². The Morgan fingerprint density at radius 2 is 1.56 bits per heavy atom. The van der Waals surface area contributed by atoms with Gasteiger partial charge in [0.25, 0.3) is 0 Å². The molecule has 32 heavy (non-hydrogen) atoms. The predicted molar refractivity (Wildman–Crippen MR) is 123 cm³/mol. The second-order valence-electron chi connectivity index (χ2n) is 8.20. The molecular formula is C25H32N2O5. The summed E-state index contributed by atoms with van der Waals surface area (Å²) in [6.07, 6.45) is 1.29. The van der Waals surface area contributed by atoms with Crippen molar-refractivity contribution in [2.45, 2.75) is 18.3 Å². The summed E-state index contributed by atoms with van der Waals surface area (Å²) in [5.74, 6) is 1.57. The Morgan fingerprint density at radius 1 is 0.938 bits per heavy atom. The van der Waals surface area contributed by atoms with Gasteiger partial charge in [-0.2, -0.15) is 0 Å².